The Morgan fingerprint density at radius 1 is 0.870 bits per heavy atom. The van der Waals surface area contributed by atoms with Gasteiger partial charge in [0.2, 0.25) is 5.91 Å². The van der Waals surface area contributed by atoms with Crippen molar-refractivity contribution in [1.29, 1.82) is 0 Å². The second kappa shape index (κ2) is 18.2. The molecule has 260 valence electrons. The number of piperazine rings is 1. The van der Waals surface area contributed by atoms with Crippen molar-refractivity contribution in [3.05, 3.63) is 40.1 Å². The Kier molecular flexibility index (Phi) is 15.0. The van der Waals surface area contributed by atoms with Crippen LogP contribution in [0.1, 0.15) is 75.6 Å². The number of nitrogens with one attached hydrogen (secondary N) is 1. The highest BCUT2D eigenvalue weighted by Gasteiger charge is 2.30. The molecule has 1 aromatic rings. The third kappa shape index (κ3) is 11.9. The minimum atomic E-state index is -1.08. The smallest absolute Gasteiger partial charge is 0.339 e. The predicted octanol–water partition coefficient (Wildman–Crippen LogP) is 4.74. The summed E-state index contributed by atoms with van der Waals surface area (Å²) in [5, 5.41) is 24.1. The number of benzene rings is 1. The largest absolute Gasteiger partial charge is 0.511 e. The fraction of sp³-hybridized carbons (Fsp3) is 0.722. The first-order valence-electron chi connectivity index (χ1n) is 17.0. The van der Waals surface area contributed by atoms with Gasteiger partial charge in [0.05, 0.1) is 32.5 Å². The van der Waals surface area contributed by atoms with Crippen LogP contribution in [-0.4, -0.2) is 116 Å². The van der Waals surface area contributed by atoms with E-state index >= 15 is 0 Å². The summed E-state index contributed by atoms with van der Waals surface area (Å²) in [5.41, 5.74) is 3.52. The molecule has 1 aromatic carbocycles. The lowest BCUT2D eigenvalue weighted by atomic mass is 9.82. The molecule has 1 saturated carbocycles. The molecule has 10 nitrogen and oxygen atoms in total. The van der Waals surface area contributed by atoms with Crippen molar-refractivity contribution in [1.82, 2.24) is 15.1 Å². The zero-order valence-electron chi connectivity index (χ0n) is 29.3. The number of carboxylic acid groups (broad SMARTS) is 1. The SMILES string of the molecule is Cc1cc(C)c(/C(C(=O)O)=C(\O)C2CCC(OCCN3CCN(CCOCCOCC(=O)NC(C)C(C)(C)C)CC3)CC2)c(C)c1. The van der Waals surface area contributed by atoms with Gasteiger partial charge in [-0.1, -0.05) is 38.5 Å². The van der Waals surface area contributed by atoms with Gasteiger partial charge in [-0.05, 0) is 75.5 Å². The molecular formula is C36H59N3O7. The van der Waals surface area contributed by atoms with Crippen LogP contribution in [0.15, 0.2) is 17.9 Å². The number of aryl methyl sites for hydroxylation is 3. The number of carboxylic acids is 1. The van der Waals surface area contributed by atoms with Crippen molar-refractivity contribution in [2.24, 2.45) is 11.3 Å². The second-order valence-electron chi connectivity index (χ2n) is 14.2. The minimum Gasteiger partial charge on any atom is -0.511 e. The molecule has 1 aliphatic carbocycles. The van der Waals surface area contributed by atoms with E-state index < -0.39 is 5.97 Å². The molecule has 0 bridgehead atoms. The molecule has 10 heteroatoms. The van der Waals surface area contributed by atoms with E-state index in [-0.39, 0.29) is 47.3 Å². The third-order valence-corrected chi connectivity index (χ3v) is 9.52. The summed E-state index contributed by atoms with van der Waals surface area (Å²) in [6.07, 6.45) is 3.21. The Morgan fingerprint density at radius 3 is 1.96 bits per heavy atom. The van der Waals surface area contributed by atoms with Gasteiger partial charge in [0.15, 0.2) is 0 Å². The first kappa shape index (κ1) is 38.0. The maximum absolute atomic E-state index is 12.2. The lowest BCUT2D eigenvalue weighted by molar-refractivity contribution is -0.130. The number of aliphatic hydroxyl groups is 1. The van der Waals surface area contributed by atoms with Crippen LogP contribution in [0.5, 0.6) is 0 Å². The molecule has 0 spiro atoms. The number of ether oxygens (including phenoxy) is 3. The van der Waals surface area contributed by atoms with Crippen molar-refractivity contribution < 1.29 is 34.0 Å². The summed E-state index contributed by atoms with van der Waals surface area (Å²) in [6.45, 7) is 22.1. The number of aliphatic hydroxyl groups excluding tert-OH is 1. The van der Waals surface area contributed by atoms with Crippen molar-refractivity contribution in [3.63, 3.8) is 0 Å². The van der Waals surface area contributed by atoms with Crippen LogP contribution < -0.4 is 5.32 Å². The topological polar surface area (TPSA) is 121 Å². The Bertz CT molecular complexity index is 1140. The Labute approximate surface area is 276 Å². The van der Waals surface area contributed by atoms with Crippen LogP contribution in [0.4, 0.5) is 0 Å². The van der Waals surface area contributed by atoms with Crippen LogP contribution in [0.3, 0.4) is 0 Å². The van der Waals surface area contributed by atoms with Gasteiger partial charge in [-0.25, -0.2) is 4.79 Å². The van der Waals surface area contributed by atoms with E-state index in [1.54, 1.807) is 0 Å². The number of amides is 1. The van der Waals surface area contributed by atoms with Crippen molar-refractivity contribution in [3.8, 4) is 0 Å². The zero-order valence-corrected chi connectivity index (χ0v) is 29.3. The molecule has 1 aliphatic heterocycles. The van der Waals surface area contributed by atoms with E-state index in [2.05, 4.69) is 35.9 Å². The average molecular weight is 646 g/mol. The summed E-state index contributed by atoms with van der Waals surface area (Å²) in [5.74, 6) is -1.33. The summed E-state index contributed by atoms with van der Waals surface area (Å²) < 4.78 is 17.4. The molecule has 1 amide bonds. The van der Waals surface area contributed by atoms with Gasteiger partial charge in [0.1, 0.15) is 17.9 Å². The van der Waals surface area contributed by atoms with Gasteiger partial charge in [0.25, 0.3) is 0 Å². The van der Waals surface area contributed by atoms with Gasteiger partial charge in [0, 0.05) is 51.2 Å². The van der Waals surface area contributed by atoms with Crippen LogP contribution in [0.25, 0.3) is 5.57 Å². The number of nitrogens with zero attached hydrogens (tertiary/aromatic N) is 2. The van der Waals surface area contributed by atoms with E-state index in [1.165, 1.54) is 0 Å². The maximum atomic E-state index is 12.2. The molecule has 1 heterocycles. The monoisotopic (exact) mass is 645 g/mol. The third-order valence-electron chi connectivity index (χ3n) is 9.52. The molecule has 0 radical (unpaired) electrons. The molecule has 46 heavy (non-hydrogen) atoms. The van der Waals surface area contributed by atoms with Gasteiger partial charge < -0.3 is 29.7 Å². The standard InChI is InChI=1S/C36H59N3O7/c1-25-22-26(2)32(27(3)23-25)33(35(42)43)34(41)29-8-10-30(11-9-29)46-19-17-39-14-12-38(13-15-39)16-18-44-20-21-45-24-31(40)37-28(4)36(5,6)7/h22-23,28-30,41H,8-21,24H2,1-7H3,(H,37,40)(H,42,43)/b34-33+. The molecule has 1 saturated heterocycles. The maximum Gasteiger partial charge on any atom is 0.339 e. The van der Waals surface area contributed by atoms with E-state index in [0.717, 1.165) is 81.6 Å². The number of allylic oxidation sites excluding steroid dienone is 1. The first-order valence-corrected chi connectivity index (χ1v) is 17.0. The van der Waals surface area contributed by atoms with Gasteiger partial charge in [-0.2, -0.15) is 0 Å². The van der Waals surface area contributed by atoms with Crippen molar-refractivity contribution >= 4 is 17.4 Å². The number of carbonyl (C=O) groups is 2. The average Bonchev–Trinajstić information content (AvgIpc) is 2.98. The Morgan fingerprint density at radius 2 is 1.41 bits per heavy atom. The second-order valence-corrected chi connectivity index (χ2v) is 14.2. The fourth-order valence-corrected chi connectivity index (χ4v) is 6.29. The normalized spacial score (nSPS) is 21.1. The molecule has 3 N–H and O–H groups in total. The van der Waals surface area contributed by atoms with E-state index in [1.807, 2.05) is 39.8 Å². The number of rotatable bonds is 16. The lowest BCUT2D eigenvalue weighted by Crippen LogP contribution is -2.48. The summed E-state index contributed by atoms with van der Waals surface area (Å²) in [4.78, 5) is 29.1. The molecular weight excluding hydrogens is 586 g/mol. The minimum absolute atomic E-state index is 0.00315. The first-order chi connectivity index (χ1) is 21.8. The van der Waals surface area contributed by atoms with Crippen LogP contribution >= 0.6 is 0 Å². The summed E-state index contributed by atoms with van der Waals surface area (Å²) in [7, 11) is 0. The molecule has 0 aromatic heterocycles. The van der Waals surface area contributed by atoms with Crippen molar-refractivity contribution in [2.45, 2.75) is 86.3 Å². The molecule has 1 atom stereocenters. The molecule has 3 rings (SSSR count). The number of hydrogen-bond acceptors (Lipinski definition) is 8. The van der Waals surface area contributed by atoms with Gasteiger partial charge >= 0.3 is 5.97 Å². The highest BCUT2D eigenvalue weighted by molar-refractivity contribution is 6.17. The highest BCUT2D eigenvalue weighted by atomic mass is 16.5. The lowest BCUT2D eigenvalue weighted by Gasteiger charge is -2.35. The predicted molar refractivity (Wildman–Crippen MR) is 181 cm³/mol. The van der Waals surface area contributed by atoms with Crippen LogP contribution in [-0.2, 0) is 23.8 Å². The summed E-state index contributed by atoms with van der Waals surface area (Å²) >= 11 is 0. The van der Waals surface area contributed by atoms with Crippen molar-refractivity contribution in [2.75, 3.05) is 72.3 Å². The number of hydrogen-bond donors (Lipinski definition) is 3. The molecule has 2 fully saturated rings. The van der Waals surface area contributed by atoms with E-state index in [4.69, 9.17) is 14.2 Å². The van der Waals surface area contributed by atoms with E-state index in [9.17, 15) is 19.8 Å². The van der Waals surface area contributed by atoms with Crippen LogP contribution in [0, 0.1) is 32.1 Å². The van der Waals surface area contributed by atoms with E-state index in [0.29, 0.717) is 32.0 Å². The molecule has 1 unspecified atom stereocenters. The zero-order chi connectivity index (χ0) is 33.9. The fourth-order valence-electron chi connectivity index (χ4n) is 6.29. The Hall–Kier alpha value is -2.50. The molecule has 2 aliphatic rings. The number of carbonyl (C=O) groups excluding carboxylic acids is 1. The van der Waals surface area contributed by atoms with Gasteiger partial charge in [-0.3, -0.25) is 14.6 Å². The summed E-state index contributed by atoms with van der Waals surface area (Å²) in [6, 6.07) is 4.02. The Balaban J connectivity index is 1.26. The number of aliphatic carboxylic acids is 1. The quantitative estimate of drug-likeness (QED) is 0.133. The van der Waals surface area contributed by atoms with Gasteiger partial charge in [-0.15, -0.1) is 0 Å². The highest BCUT2D eigenvalue weighted by Crippen LogP contribution is 2.36. The van der Waals surface area contributed by atoms with Crippen LogP contribution in [0.2, 0.25) is 0 Å².